The van der Waals surface area contributed by atoms with Crippen molar-refractivity contribution in [2.75, 3.05) is 26.9 Å². The number of aliphatic carboxylic acids is 1. The van der Waals surface area contributed by atoms with Crippen LogP contribution in [0.4, 0.5) is 13.2 Å². The summed E-state index contributed by atoms with van der Waals surface area (Å²) in [6, 6.07) is 0.717. The summed E-state index contributed by atoms with van der Waals surface area (Å²) in [6.45, 7) is -0.316. The first kappa shape index (κ1) is 27.6. The fourth-order valence-electron chi connectivity index (χ4n) is 5.38. The summed E-state index contributed by atoms with van der Waals surface area (Å²) >= 11 is 7.64. The van der Waals surface area contributed by atoms with E-state index >= 15 is 8.78 Å². The number of carbonyl (C=O) groups excluding carboxylic acids is 1. The summed E-state index contributed by atoms with van der Waals surface area (Å²) in [5, 5.41) is 14.5. The number of piperidine rings is 1. The van der Waals surface area contributed by atoms with Crippen molar-refractivity contribution in [3.63, 3.8) is 0 Å². The van der Waals surface area contributed by atoms with Crippen LogP contribution < -0.4 is 5.32 Å². The number of benzene rings is 1. The average Bonchev–Trinajstić information content (AvgIpc) is 3.42. The first-order valence-electron chi connectivity index (χ1n) is 12.0. The summed E-state index contributed by atoms with van der Waals surface area (Å²) in [4.78, 5) is 34.9. The van der Waals surface area contributed by atoms with Crippen LogP contribution in [0.1, 0.15) is 29.5 Å². The van der Waals surface area contributed by atoms with E-state index in [1.54, 1.807) is 16.5 Å². The lowest BCUT2D eigenvalue weighted by Crippen LogP contribution is -2.67. The number of ether oxygens (including phenoxy) is 2. The van der Waals surface area contributed by atoms with Crippen LogP contribution >= 0.6 is 22.9 Å². The largest absolute Gasteiger partial charge is 0.481 e. The number of thiazole rings is 1. The van der Waals surface area contributed by atoms with Gasteiger partial charge in [-0.15, -0.1) is 11.3 Å². The average molecular weight is 585 g/mol. The van der Waals surface area contributed by atoms with Gasteiger partial charge >= 0.3 is 11.9 Å². The van der Waals surface area contributed by atoms with Crippen molar-refractivity contribution in [1.82, 2.24) is 15.2 Å². The summed E-state index contributed by atoms with van der Waals surface area (Å²) in [5.41, 5.74) is 0.596. The minimum absolute atomic E-state index is 0.0242. The Morgan fingerprint density at radius 3 is 2.82 bits per heavy atom. The second kappa shape index (κ2) is 10.9. The molecule has 3 unspecified atom stereocenters. The monoisotopic (exact) mass is 584 g/mol. The van der Waals surface area contributed by atoms with Crippen LogP contribution in [-0.2, 0) is 19.1 Å². The number of fused-ring (bicyclic) bond motifs is 2. The number of hydrogen-bond acceptors (Lipinski definition) is 9. The third-order valence-electron chi connectivity index (χ3n) is 7.19. The number of morpholine rings is 1. The Labute approximate surface area is 230 Å². The lowest BCUT2D eigenvalue weighted by atomic mass is 9.79. The Morgan fingerprint density at radius 2 is 2.15 bits per heavy atom. The minimum Gasteiger partial charge on any atom is -0.481 e. The molecule has 0 aliphatic carbocycles. The lowest BCUT2D eigenvalue weighted by Gasteiger charge is -2.52. The quantitative estimate of drug-likeness (QED) is 0.474. The molecule has 4 heterocycles. The number of carboxylic acids is 1. The molecular formula is C25H24ClF3N4O5S. The fraction of sp³-hybridized carbons (Fsp3) is 0.440. The van der Waals surface area contributed by atoms with Crippen molar-refractivity contribution in [2.24, 2.45) is 10.9 Å². The SMILES string of the molecule is COC(=O)C1=C(CN2C3COCC2C(F)(F)C(CC(=O)O)C3)NC(c2nccs2)=N[C@H]1c1ccc(F)cc1Cl. The van der Waals surface area contributed by atoms with Crippen molar-refractivity contribution >= 4 is 40.7 Å². The van der Waals surface area contributed by atoms with E-state index in [1.165, 1.54) is 30.6 Å². The van der Waals surface area contributed by atoms with Crippen molar-refractivity contribution in [3.05, 3.63) is 62.5 Å². The van der Waals surface area contributed by atoms with Gasteiger partial charge in [0.2, 0.25) is 0 Å². The highest BCUT2D eigenvalue weighted by Crippen LogP contribution is 2.45. The van der Waals surface area contributed by atoms with Gasteiger partial charge in [-0.2, -0.15) is 0 Å². The van der Waals surface area contributed by atoms with Crippen molar-refractivity contribution in [2.45, 2.75) is 36.9 Å². The molecule has 2 N–H and O–H groups in total. The Hall–Kier alpha value is -3.00. The number of nitrogens with zero attached hydrogens (tertiary/aromatic N) is 3. The smallest absolute Gasteiger partial charge is 0.338 e. The molecule has 9 nitrogen and oxygen atoms in total. The maximum atomic E-state index is 15.6. The first-order chi connectivity index (χ1) is 18.6. The van der Waals surface area contributed by atoms with Gasteiger partial charge in [0.05, 0.1) is 38.4 Å². The maximum absolute atomic E-state index is 15.6. The number of aliphatic imine (C=N–C) groups is 1. The summed E-state index contributed by atoms with van der Waals surface area (Å²) in [5.74, 6) is -7.06. The van der Waals surface area contributed by atoms with Gasteiger partial charge in [0.25, 0.3) is 5.92 Å². The zero-order valence-corrected chi connectivity index (χ0v) is 22.1. The van der Waals surface area contributed by atoms with Crippen LogP contribution in [0.5, 0.6) is 0 Å². The molecule has 0 radical (unpaired) electrons. The number of halogens is 4. The highest BCUT2D eigenvalue weighted by molar-refractivity contribution is 7.11. The molecule has 3 aliphatic rings. The second-order valence-electron chi connectivity index (χ2n) is 9.48. The molecule has 5 rings (SSSR count). The zero-order chi connectivity index (χ0) is 27.9. The second-order valence-corrected chi connectivity index (χ2v) is 10.8. The molecule has 208 valence electrons. The van der Waals surface area contributed by atoms with Gasteiger partial charge in [0, 0.05) is 46.4 Å². The van der Waals surface area contributed by atoms with Gasteiger partial charge in [-0.1, -0.05) is 17.7 Å². The van der Waals surface area contributed by atoms with Crippen LogP contribution in [0.15, 0.2) is 46.0 Å². The Kier molecular flexibility index (Phi) is 7.68. The third kappa shape index (κ3) is 5.28. The molecule has 2 bridgehead atoms. The number of amidine groups is 1. The fourth-order valence-corrected chi connectivity index (χ4v) is 6.23. The van der Waals surface area contributed by atoms with Crippen LogP contribution in [0.25, 0.3) is 0 Å². The molecule has 0 spiro atoms. The van der Waals surface area contributed by atoms with Gasteiger partial charge in [0.1, 0.15) is 11.9 Å². The molecule has 4 atom stereocenters. The van der Waals surface area contributed by atoms with Crippen LogP contribution in [0, 0.1) is 11.7 Å². The molecule has 1 aromatic heterocycles. The molecule has 0 saturated carbocycles. The minimum atomic E-state index is -3.36. The number of carboxylic acid groups (broad SMARTS) is 1. The topological polar surface area (TPSA) is 113 Å². The Balaban J connectivity index is 1.59. The number of nitrogens with one attached hydrogen (secondary N) is 1. The van der Waals surface area contributed by atoms with E-state index in [0.29, 0.717) is 10.6 Å². The van der Waals surface area contributed by atoms with E-state index in [-0.39, 0.29) is 48.3 Å². The molecule has 0 amide bonds. The molecular weight excluding hydrogens is 561 g/mol. The van der Waals surface area contributed by atoms with Gasteiger partial charge in [-0.25, -0.2) is 22.9 Å². The van der Waals surface area contributed by atoms with E-state index in [4.69, 9.17) is 21.1 Å². The first-order valence-corrected chi connectivity index (χ1v) is 13.3. The van der Waals surface area contributed by atoms with Crippen LogP contribution in [-0.4, -0.2) is 77.6 Å². The number of methoxy groups -OCH3 is 1. The van der Waals surface area contributed by atoms with Crippen molar-refractivity contribution < 1.29 is 37.3 Å². The molecule has 3 aliphatic heterocycles. The number of rotatable bonds is 7. The van der Waals surface area contributed by atoms with E-state index in [9.17, 15) is 19.1 Å². The molecule has 39 heavy (non-hydrogen) atoms. The number of alkyl halides is 2. The predicted molar refractivity (Wildman–Crippen MR) is 135 cm³/mol. The van der Waals surface area contributed by atoms with E-state index in [1.807, 2.05) is 0 Å². The number of hydrogen-bond donors (Lipinski definition) is 2. The molecule has 14 heteroatoms. The molecule has 2 saturated heterocycles. The van der Waals surface area contributed by atoms with E-state index in [2.05, 4.69) is 15.3 Å². The van der Waals surface area contributed by atoms with Crippen molar-refractivity contribution in [1.29, 1.82) is 0 Å². The van der Waals surface area contributed by atoms with E-state index < -0.39 is 54.1 Å². The molecule has 1 aromatic carbocycles. The summed E-state index contributed by atoms with van der Waals surface area (Å²) in [7, 11) is 1.18. The predicted octanol–water partition coefficient (Wildman–Crippen LogP) is 3.65. The maximum Gasteiger partial charge on any atom is 0.338 e. The standard InChI is InChI=1S/C25H24ClF3N4O5S/c1-37-24(36)20-17(9-33-14-6-12(7-19(34)35)25(28,29)18(33)11-38-10-14)31-22(23-30-4-5-39-23)32-21(20)15-3-2-13(27)8-16(15)26/h2-5,8,12,14,18,21H,6-7,9-11H2,1H3,(H,31,32)(H,34,35)/t12?,14?,18?,21-/m0/s1. The lowest BCUT2D eigenvalue weighted by molar-refractivity contribution is -0.219. The summed E-state index contributed by atoms with van der Waals surface area (Å²) < 4.78 is 55.5. The van der Waals surface area contributed by atoms with Gasteiger partial charge in [0.15, 0.2) is 10.8 Å². The highest BCUT2D eigenvalue weighted by Gasteiger charge is 2.58. The number of carbonyl (C=O) groups is 2. The van der Waals surface area contributed by atoms with E-state index in [0.717, 1.165) is 6.07 Å². The van der Waals surface area contributed by atoms with Crippen molar-refractivity contribution in [3.8, 4) is 0 Å². The van der Waals surface area contributed by atoms with Gasteiger partial charge in [-0.05, 0) is 18.6 Å². The summed E-state index contributed by atoms with van der Waals surface area (Å²) in [6.07, 6.45) is 0.810. The number of esters is 1. The third-order valence-corrected chi connectivity index (χ3v) is 8.29. The number of aromatic nitrogens is 1. The highest BCUT2D eigenvalue weighted by atomic mass is 35.5. The molecule has 2 aromatic rings. The van der Waals surface area contributed by atoms with Gasteiger partial charge in [-0.3, -0.25) is 14.7 Å². The molecule has 2 fully saturated rings. The Morgan fingerprint density at radius 1 is 1.36 bits per heavy atom. The normalized spacial score (nSPS) is 26.5. The van der Waals surface area contributed by atoms with Crippen LogP contribution in [0.2, 0.25) is 5.02 Å². The zero-order valence-electron chi connectivity index (χ0n) is 20.6. The van der Waals surface area contributed by atoms with Crippen LogP contribution in [0.3, 0.4) is 0 Å². The van der Waals surface area contributed by atoms with Gasteiger partial charge < -0.3 is 19.9 Å². The Bertz CT molecular complexity index is 1340.